The first-order valence-electron chi connectivity index (χ1n) is 9.49. The van der Waals surface area contributed by atoms with Crippen LogP contribution in [0.3, 0.4) is 0 Å². The molecule has 2 amide bonds. The van der Waals surface area contributed by atoms with Gasteiger partial charge in [0.05, 0.1) is 13.0 Å². The molecule has 26 heavy (non-hydrogen) atoms. The fourth-order valence-electron chi connectivity index (χ4n) is 2.99. The molecule has 1 saturated heterocycles. The average Bonchev–Trinajstić information content (AvgIpc) is 2.63. The van der Waals surface area contributed by atoms with E-state index in [1.165, 1.54) is 11.1 Å². The van der Waals surface area contributed by atoms with Gasteiger partial charge >= 0.3 is 12.0 Å². The normalized spacial score (nSPS) is 15.2. The van der Waals surface area contributed by atoms with Gasteiger partial charge in [-0.3, -0.25) is 9.69 Å². The number of hydrogen-bond donors (Lipinski definition) is 1. The Labute approximate surface area is 156 Å². The first kappa shape index (κ1) is 20.2. The van der Waals surface area contributed by atoms with Crippen molar-refractivity contribution in [3.05, 3.63) is 35.4 Å². The van der Waals surface area contributed by atoms with E-state index in [9.17, 15) is 9.59 Å². The van der Waals surface area contributed by atoms with Crippen molar-refractivity contribution >= 4 is 12.0 Å². The van der Waals surface area contributed by atoms with Crippen LogP contribution in [0.25, 0.3) is 0 Å². The van der Waals surface area contributed by atoms with Crippen LogP contribution in [-0.4, -0.2) is 61.1 Å². The van der Waals surface area contributed by atoms with Gasteiger partial charge < -0.3 is 15.0 Å². The van der Waals surface area contributed by atoms with Gasteiger partial charge in [-0.1, -0.05) is 38.1 Å². The Kier molecular flexibility index (Phi) is 7.91. The number of carbonyl (C=O) groups excluding carboxylic acids is 2. The average molecular weight is 361 g/mol. The van der Waals surface area contributed by atoms with Gasteiger partial charge in [-0.15, -0.1) is 0 Å². The highest BCUT2D eigenvalue weighted by Crippen LogP contribution is 2.16. The summed E-state index contributed by atoms with van der Waals surface area (Å²) >= 11 is 0. The number of amides is 2. The number of piperazine rings is 1. The van der Waals surface area contributed by atoms with Crippen LogP contribution in [0.2, 0.25) is 0 Å². The molecule has 6 nitrogen and oxygen atoms in total. The largest absolute Gasteiger partial charge is 0.466 e. The first-order chi connectivity index (χ1) is 12.5. The summed E-state index contributed by atoms with van der Waals surface area (Å²) < 4.78 is 4.85. The third-order valence-electron chi connectivity index (χ3n) is 4.62. The zero-order chi connectivity index (χ0) is 18.9. The first-order valence-corrected chi connectivity index (χ1v) is 9.49. The van der Waals surface area contributed by atoms with E-state index < -0.39 is 0 Å². The standard InChI is InChI=1S/C20H31N3O3/c1-4-26-19(24)9-10-21-20(25)23-13-11-22(12-14-23)15-17-5-7-18(8-6-17)16(2)3/h5-8,16H,4,9-15H2,1-3H3,(H,21,25). The minimum atomic E-state index is -0.277. The van der Waals surface area contributed by atoms with Crippen molar-refractivity contribution in [1.29, 1.82) is 0 Å². The van der Waals surface area contributed by atoms with Crippen LogP contribution in [0, 0.1) is 0 Å². The molecular weight excluding hydrogens is 330 g/mol. The minimum absolute atomic E-state index is 0.102. The number of urea groups is 1. The van der Waals surface area contributed by atoms with E-state index in [1.54, 1.807) is 6.92 Å². The third kappa shape index (κ3) is 6.33. The lowest BCUT2D eigenvalue weighted by Gasteiger charge is -2.34. The Hall–Kier alpha value is -2.08. The van der Waals surface area contributed by atoms with Gasteiger partial charge in [-0.05, 0) is 24.0 Å². The molecule has 1 fully saturated rings. The number of nitrogens with one attached hydrogen (secondary N) is 1. The van der Waals surface area contributed by atoms with E-state index in [4.69, 9.17) is 4.74 Å². The summed E-state index contributed by atoms with van der Waals surface area (Å²) in [5, 5.41) is 2.79. The van der Waals surface area contributed by atoms with E-state index in [1.807, 2.05) is 4.90 Å². The summed E-state index contributed by atoms with van der Waals surface area (Å²) in [6.45, 7) is 10.9. The number of benzene rings is 1. The second-order valence-corrected chi connectivity index (χ2v) is 6.95. The fraction of sp³-hybridized carbons (Fsp3) is 0.600. The van der Waals surface area contributed by atoms with Crippen molar-refractivity contribution in [2.24, 2.45) is 0 Å². The maximum absolute atomic E-state index is 12.1. The lowest BCUT2D eigenvalue weighted by Crippen LogP contribution is -2.51. The summed E-state index contributed by atoms with van der Waals surface area (Å²) in [4.78, 5) is 27.6. The fourth-order valence-corrected chi connectivity index (χ4v) is 2.99. The molecule has 0 radical (unpaired) electrons. The van der Waals surface area contributed by atoms with Gasteiger partial charge in [0.1, 0.15) is 0 Å². The molecule has 0 aromatic heterocycles. The number of rotatable bonds is 7. The molecule has 1 aliphatic rings. The quantitative estimate of drug-likeness (QED) is 0.759. The van der Waals surface area contributed by atoms with Gasteiger partial charge in [0.25, 0.3) is 0 Å². The molecule has 1 aliphatic heterocycles. The minimum Gasteiger partial charge on any atom is -0.466 e. The van der Waals surface area contributed by atoms with Gasteiger partial charge in [0.15, 0.2) is 0 Å². The number of carbonyl (C=O) groups is 2. The highest BCUT2D eigenvalue weighted by molar-refractivity contribution is 5.75. The van der Waals surface area contributed by atoms with Crippen molar-refractivity contribution in [3.63, 3.8) is 0 Å². The Morgan fingerprint density at radius 1 is 1.12 bits per heavy atom. The van der Waals surface area contributed by atoms with E-state index in [2.05, 4.69) is 48.3 Å². The number of esters is 1. The molecule has 0 aliphatic carbocycles. The molecule has 1 heterocycles. The maximum Gasteiger partial charge on any atom is 0.317 e. The zero-order valence-electron chi connectivity index (χ0n) is 16.2. The zero-order valence-corrected chi connectivity index (χ0v) is 16.2. The second kappa shape index (κ2) is 10.2. The molecule has 2 rings (SSSR count). The highest BCUT2D eigenvalue weighted by atomic mass is 16.5. The molecule has 0 unspecified atom stereocenters. The molecule has 0 atom stereocenters. The molecule has 1 N–H and O–H groups in total. The van der Waals surface area contributed by atoms with Crippen molar-refractivity contribution in [3.8, 4) is 0 Å². The predicted octanol–water partition coefficient (Wildman–Crippen LogP) is 2.59. The molecule has 1 aromatic rings. The monoisotopic (exact) mass is 361 g/mol. The summed E-state index contributed by atoms with van der Waals surface area (Å²) in [5.74, 6) is 0.274. The number of ether oxygens (including phenoxy) is 1. The van der Waals surface area contributed by atoms with Crippen LogP contribution in [0.15, 0.2) is 24.3 Å². The van der Waals surface area contributed by atoms with Crippen molar-refractivity contribution in [2.45, 2.75) is 39.7 Å². The van der Waals surface area contributed by atoms with E-state index >= 15 is 0 Å². The molecule has 6 heteroatoms. The van der Waals surface area contributed by atoms with Gasteiger partial charge in [-0.2, -0.15) is 0 Å². The lowest BCUT2D eigenvalue weighted by molar-refractivity contribution is -0.142. The van der Waals surface area contributed by atoms with Crippen LogP contribution >= 0.6 is 0 Å². The topological polar surface area (TPSA) is 61.9 Å². The summed E-state index contributed by atoms with van der Waals surface area (Å²) in [7, 11) is 0. The molecule has 0 bridgehead atoms. The molecule has 0 saturated carbocycles. The van der Waals surface area contributed by atoms with Crippen LogP contribution in [0.1, 0.15) is 44.2 Å². The SMILES string of the molecule is CCOC(=O)CCNC(=O)N1CCN(Cc2ccc(C(C)C)cc2)CC1. The van der Waals surface area contributed by atoms with Crippen molar-refractivity contribution in [2.75, 3.05) is 39.3 Å². The summed E-state index contributed by atoms with van der Waals surface area (Å²) in [5.41, 5.74) is 2.67. The Balaban J connectivity index is 1.69. The summed E-state index contributed by atoms with van der Waals surface area (Å²) in [6, 6.07) is 8.70. The molecule has 144 valence electrons. The number of hydrogen-bond acceptors (Lipinski definition) is 4. The highest BCUT2D eigenvalue weighted by Gasteiger charge is 2.21. The van der Waals surface area contributed by atoms with Gasteiger partial charge in [0, 0.05) is 39.3 Å². The van der Waals surface area contributed by atoms with Crippen LogP contribution in [-0.2, 0) is 16.1 Å². The maximum atomic E-state index is 12.1. The predicted molar refractivity (Wildman–Crippen MR) is 102 cm³/mol. The van der Waals surface area contributed by atoms with Gasteiger partial charge in [-0.25, -0.2) is 4.79 Å². The Morgan fingerprint density at radius 3 is 2.35 bits per heavy atom. The van der Waals surface area contributed by atoms with Crippen molar-refractivity contribution < 1.29 is 14.3 Å². The Bertz CT molecular complexity index is 578. The van der Waals surface area contributed by atoms with Crippen LogP contribution in [0.4, 0.5) is 4.79 Å². The summed E-state index contributed by atoms with van der Waals surface area (Å²) in [6.07, 6.45) is 0.214. The smallest absolute Gasteiger partial charge is 0.317 e. The molecule has 1 aromatic carbocycles. The van der Waals surface area contributed by atoms with E-state index in [0.29, 0.717) is 32.2 Å². The Morgan fingerprint density at radius 2 is 1.77 bits per heavy atom. The van der Waals surface area contributed by atoms with E-state index in [0.717, 1.165) is 19.6 Å². The lowest BCUT2D eigenvalue weighted by atomic mass is 10.0. The van der Waals surface area contributed by atoms with Gasteiger partial charge in [0.2, 0.25) is 0 Å². The number of nitrogens with zero attached hydrogens (tertiary/aromatic N) is 2. The molecule has 0 spiro atoms. The molecular formula is C20H31N3O3. The van der Waals surface area contributed by atoms with Crippen molar-refractivity contribution in [1.82, 2.24) is 15.1 Å². The second-order valence-electron chi connectivity index (χ2n) is 6.95. The van der Waals surface area contributed by atoms with E-state index in [-0.39, 0.29) is 18.4 Å². The van der Waals surface area contributed by atoms with Crippen LogP contribution < -0.4 is 5.32 Å². The van der Waals surface area contributed by atoms with Crippen LogP contribution in [0.5, 0.6) is 0 Å². The third-order valence-corrected chi connectivity index (χ3v) is 4.62.